The third-order valence-corrected chi connectivity index (χ3v) is 3.96. The van der Waals surface area contributed by atoms with Gasteiger partial charge in [0, 0.05) is 0 Å². The number of hydrogen-bond acceptors (Lipinski definition) is 4. The van der Waals surface area contributed by atoms with Crippen molar-refractivity contribution in [1.82, 2.24) is 0 Å². The molecule has 0 aromatic heterocycles. The third-order valence-electron chi connectivity index (χ3n) is 3.96. The molecule has 0 heterocycles. The van der Waals surface area contributed by atoms with Crippen LogP contribution in [0, 0.1) is 6.92 Å². The van der Waals surface area contributed by atoms with Crippen LogP contribution in [0.25, 0.3) is 0 Å². The Morgan fingerprint density at radius 1 is 1.04 bits per heavy atom. The summed E-state index contributed by atoms with van der Waals surface area (Å²) in [4.78, 5) is 11.2. The number of nitrogens with one attached hydrogen (secondary N) is 1. The van der Waals surface area contributed by atoms with Crippen LogP contribution in [0.5, 0.6) is 5.75 Å². The molecule has 5 heteroatoms. The Hall–Kier alpha value is -3.60. The molecule has 0 saturated carbocycles. The number of nitrogens with zero attached hydrogens (tertiary/aromatic N) is 1. The maximum atomic E-state index is 11.2. The highest BCUT2D eigenvalue weighted by Gasteiger charge is 2.07. The van der Waals surface area contributed by atoms with Gasteiger partial charge in [-0.2, -0.15) is 5.10 Å². The predicted molar refractivity (Wildman–Crippen MR) is 107 cm³/mol. The lowest BCUT2D eigenvalue weighted by atomic mass is 10.2. The normalized spacial score (nSPS) is 10.7. The summed E-state index contributed by atoms with van der Waals surface area (Å²) >= 11 is 0. The van der Waals surface area contributed by atoms with E-state index in [1.54, 1.807) is 24.4 Å². The van der Waals surface area contributed by atoms with Gasteiger partial charge in [-0.3, -0.25) is 5.43 Å². The zero-order valence-electron chi connectivity index (χ0n) is 14.9. The molecule has 0 fully saturated rings. The van der Waals surface area contributed by atoms with Crippen molar-refractivity contribution in [3.63, 3.8) is 0 Å². The summed E-state index contributed by atoms with van der Waals surface area (Å²) in [5, 5.41) is 13.3. The first kappa shape index (κ1) is 18.2. The van der Waals surface area contributed by atoms with E-state index in [0.717, 1.165) is 16.9 Å². The first-order valence-electron chi connectivity index (χ1n) is 8.51. The van der Waals surface area contributed by atoms with Crippen LogP contribution in [0.15, 0.2) is 77.9 Å². The Balaban J connectivity index is 1.56. The highest BCUT2D eigenvalue weighted by molar-refractivity contribution is 5.94. The summed E-state index contributed by atoms with van der Waals surface area (Å²) in [6, 6.07) is 22.4. The van der Waals surface area contributed by atoms with Crippen LogP contribution in [0.2, 0.25) is 0 Å². The number of ether oxygens (including phenoxy) is 1. The Morgan fingerprint density at radius 2 is 1.74 bits per heavy atom. The monoisotopic (exact) mass is 360 g/mol. The summed E-state index contributed by atoms with van der Waals surface area (Å²) in [6.45, 7) is 2.57. The number of carbonyl (C=O) groups is 1. The van der Waals surface area contributed by atoms with E-state index < -0.39 is 5.97 Å². The van der Waals surface area contributed by atoms with Crippen LogP contribution in [-0.4, -0.2) is 17.3 Å². The Kier molecular flexibility index (Phi) is 5.84. The second-order valence-electron chi connectivity index (χ2n) is 6.06. The second kappa shape index (κ2) is 8.67. The molecule has 3 aromatic carbocycles. The van der Waals surface area contributed by atoms with Gasteiger partial charge in [0.25, 0.3) is 0 Å². The molecule has 136 valence electrons. The predicted octanol–water partition coefficient (Wildman–Crippen LogP) is 4.72. The van der Waals surface area contributed by atoms with Crippen LogP contribution in [0.1, 0.15) is 27.0 Å². The summed E-state index contributed by atoms with van der Waals surface area (Å²) in [5.74, 6) is -0.222. The van der Waals surface area contributed by atoms with Crippen molar-refractivity contribution in [3.05, 3.63) is 95.1 Å². The molecule has 0 bridgehead atoms. The number of aromatic carboxylic acids is 1. The van der Waals surface area contributed by atoms with Crippen molar-refractivity contribution >= 4 is 17.9 Å². The van der Waals surface area contributed by atoms with Gasteiger partial charge in [0.1, 0.15) is 12.4 Å². The van der Waals surface area contributed by atoms with Crippen molar-refractivity contribution in [2.75, 3.05) is 5.43 Å². The molecule has 0 aliphatic heterocycles. The quantitative estimate of drug-likeness (QED) is 0.472. The summed E-state index contributed by atoms with van der Waals surface area (Å²) < 4.78 is 5.78. The first-order chi connectivity index (χ1) is 13.1. The van der Waals surface area contributed by atoms with Gasteiger partial charge >= 0.3 is 5.97 Å². The summed E-state index contributed by atoms with van der Waals surface area (Å²) in [6.07, 6.45) is 1.63. The van der Waals surface area contributed by atoms with Crippen LogP contribution >= 0.6 is 0 Å². The molecule has 0 spiro atoms. The van der Waals surface area contributed by atoms with E-state index in [1.807, 2.05) is 24.3 Å². The number of hydrogen-bond donors (Lipinski definition) is 2. The Labute approximate surface area is 157 Å². The molecule has 0 aliphatic carbocycles. The minimum Gasteiger partial charge on any atom is -0.489 e. The lowest BCUT2D eigenvalue weighted by Crippen LogP contribution is -2.02. The fraction of sp³-hybridized carbons (Fsp3) is 0.0909. The number of hydrazone groups is 1. The van der Waals surface area contributed by atoms with Gasteiger partial charge in [-0.05, 0) is 54.4 Å². The van der Waals surface area contributed by atoms with E-state index in [0.29, 0.717) is 12.3 Å². The van der Waals surface area contributed by atoms with E-state index in [-0.39, 0.29) is 5.56 Å². The van der Waals surface area contributed by atoms with Gasteiger partial charge in [-0.25, -0.2) is 4.79 Å². The number of benzene rings is 3. The highest BCUT2D eigenvalue weighted by atomic mass is 16.5. The number of carboxylic acids is 1. The van der Waals surface area contributed by atoms with Crippen LogP contribution < -0.4 is 10.2 Å². The zero-order valence-corrected chi connectivity index (χ0v) is 14.9. The van der Waals surface area contributed by atoms with Crippen molar-refractivity contribution in [1.29, 1.82) is 0 Å². The van der Waals surface area contributed by atoms with E-state index in [1.165, 1.54) is 11.6 Å². The summed E-state index contributed by atoms with van der Waals surface area (Å²) in [7, 11) is 0. The molecular weight excluding hydrogens is 340 g/mol. The van der Waals surface area contributed by atoms with Gasteiger partial charge in [0.15, 0.2) is 0 Å². The van der Waals surface area contributed by atoms with Crippen molar-refractivity contribution in [2.45, 2.75) is 13.5 Å². The first-order valence-corrected chi connectivity index (χ1v) is 8.51. The molecule has 0 radical (unpaired) electrons. The number of anilines is 1. The van der Waals surface area contributed by atoms with E-state index in [9.17, 15) is 4.79 Å². The van der Waals surface area contributed by atoms with E-state index >= 15 is 0 Å². The maximum absolute atomic E-state index is 11.2. The Bertz CT molecular complexity index is 933. The van der Waals surface area contributed by atoms with Crippen LogP contribution in [-0.2, 0) is 6.61 Å². The Morgan fingerprint density at radius 3 is 2.44 bits per heavy atom. The fourth-order valence-corrected chi connectivity index (χ4v) is 2.44. The van der Waals surface area contributed by atoms with Gasteiger partial charge in [0.2, 0.25) is 0 Å². The number of rotatable bonds is 7. The number of para-hydroxylation sites is 1. The molecule has 0 saturated heterocycles. The lowest BCUT2D eigenvalue weighted by Gasteiger charge is -2.07. The standard InChI is InChI=1S/C22H20N2O3/c1-16-6-8-18(9-7-16)15-27-19-12-10-17(11-13-19)14-23-24-21-5-3-2-4-20(21)22(25)26/h2-14,24H,15H2,1H3,(H,25,26)/b23-14+. The molecular formula is C22H20N2O3. The van der Waals surface area contributed by atoms with E-state index in [2.05, 4.69) is 41.7 Å². The van der Waals surface area contributed by atoms with Crippen molar-refractivity contribution < 1.29 is 14.6 Å². The lowest BCUT2D eigenvalue weighted by molar-refractivity contribution is 0.0698. The molecule has 0 atom stereocenters. The number of carboxylic acid groups (broad SMARTS) is 1. The second-order valence-corrected chi connectivity index (χ2v) is 6.06. The molecule has 0 unspecified atom stereocenters. The molecule has 0 amide bonds. The third kappa shape index (κ3) is 5.19. The molecule has 2 N–H and O–H groups in total. The SMILES string of the molecule is Cc1ccc(COc2ccc(/C=N/Nc3ccccc3C(=O)O)cc2)cc1. The van der Waals surface area contributed by atoms with Crippen molar-refractivity contribution in [3.8, 4) is 5.75 Å². The molecule has 3 aromatic rings. The van der Waals surface area contributed by atoms with Crippen molar-refractivity contribution in [2.24, 2.45) is 5.10 Å². The van der Waals surface area contributed by atoms with Crippen LogP contribution in [0.4, 0.5) is 5.69 Å². The van der Waals surface area contributed by atoms with Gasteiger partial charge < -0.3 is 9.84 Å². The molecule has 3 rings (SSSR count). The average molecular weight is 360 g/mol. The smallest absolute Gasteiger partial charge is 0.337 e. The van der Waals surface area contributed by atoms with Gasteiger partial charge in [-0.15, -0.1) is 0 Å². The fourth-order valence-electron chi connectivity index (χ4n) is 2.44. The van der Waals surface area contributed by atoms with Gasteiger partial charge in [-0.1, -0.05) is 42.0 Å². The highest BCUT2D eigenvalue weighted by Crippen LogP contribution is 2.16. The summed E-state index contributed by atoms with van der Waals surface area (Å²) in [5.41, 5.74) is 6.60. The zero-order chi connectivity index (χ0) is 19.1. The largest absolute Gasteiger partial charge is 0.489 e. The minimum atomic E-state index is -0.997. The van der Waals surface area contributed by atoms with Gasteiger partial charge in [0.05, 0.1) is 17.5 Å². The molecule has 5 nitrogen and oxygen atoms in total. The molecule has 0 aliphatic rings. The van der Waals surface area contributed by atoms with Crippen LogP contribution in [0.3, 0.4) is 0 Å². The average Bonchev–Trinajstić information content (AvgIpc) is 2.69. The topological polar surface area (TPSA) is 70.9 Å². The molecule has 27 heavy (non-hydrogen) atoms. The number of aryl methyl sites for hydroxylation is 1. The minimum absolute atomic E-state index is 0.175. The maximum Gasteiger partial charge on any atom is 0.337 e. The van der Waals surface area contributed by atoms with E-state index in [4.69, 9.17) is 9.84 Å².